The van der Waals surface area contributed by atoms with E-state index in [0.717, 1.165) is 23.7 Å². The summed E-state index contributed by atoms with van der Waals surface area (Å²) in [6.45, 7) is 0.982. The smallest absolute Gasteiger partial charge is 0.107 e. The van der Waals surface area contributed by atoms with E-state index >= 15 is 0 Å². The van der Waals surface area contributed by atoms with E-state index < -0.39 is 0 Å². The molecule has 1 aromatic carbocycles. The van der Waals surface area contributed by atoms with E-state index in [2.05, 4.69) is 5.32 Å². The summed E-state index contributed by atoms with van der Waals surface area (Å²) in [6, 6.07) is 5.67. The fraction of sp³-hybridized carbons (Fsp3) is 0.364. The molecule has 1 saturated carbocycles. The van der Waals surface area contributed by atoms with Gasteiger partial charge in [0.15, 0.2) is 0 Å². The number of hydrogen-bond acceptors (Lipinski definition) is 2. The highest BCUT2D eigenvalue weighted by molar-refractivity contribution is 7.80. The third-order valence-electron chi connectivity index (χ3n) is 2.54. The summed E-state index contributed by atoms with van der Waals surface area (Å²) >= 11 is 11.0. The third kappa shape index (κ3) is 2.61. The lowest BCUT2D eigenvalue weighted by Crippen LogP contribution is -2.14. The normalized spacial score (nSPS) is 15.0. The second-order valence-corrected chi connectivity index (χ2v) is 4.70. The Labute approximate surface area is 99.8 Å². The molecule has 0 aromatic heterocycles. The van der Waals surface area contributed by atoms with Crippen molar-refractivity contribution in [3.63, 3.8) is 0 Å². The second-order valence-electron chi connectivity index (χ2n) is 3.85. The molecule has 0 radical (unpaired) electrons. The Hall–Kier alpha value is -0.800. The Bertz CT molecular complexity index is 388. The lowest BCUT2D eigenvalue weighted by molar-refractivity contribution is 0.889. The Balaban J connectivity index is 2.19. The molecule has 0 amide bonds. The van der Waals surface area contributed by atoms with Crippen LogP contribution in [0.3, 0.4) is 0 Å². The number of thiocarbonyl (C=S) groups is 1. The quantitative estimate of drug-likeness (QED) is 0.795. The summed E-state index contributed by atoms with van der Waals surface area (Å²) in [4.78, 5) is 0.346. The molecule has 4 heteroatoms. The maximum absolute atomic E-state index is 6.05. The summed E-state index contributed by atoms with van der Waals surface area (Å²) in [5.41, 5.74) is 7.35. The first kappa shape index (κ1) is 10.7. The predicted molar refractivity (Wildman–Crippen MR) is 68.6 cm³/mol. The van der Waals surface area contributed by atoms with Crippen LogP contribution in [0.2, 0.25) is 5.02 Å². The first-order valence-corrected chi connectivity index (χ1v) is 5.79. The van der Waals surface area contributed by atoms with Crippen molar-refractivity contribution in [3.8, 4) is 0 Å². The third-order valence-corrected chi connectivity index (χ3v) is 3.06. The van der Waals surface area contributed by atoms with Crippen molar-refractivity contribution in [1.29, 1.82) is 0 Å². The molecule has 0 bridgehead atoms. The summed E-state index contributed by atoms with van der Waals surface area (Å²) in [5, 5.41) is 3.96. The highest BCUT2D eigenvalue weighted by Crippen LogP contribution is 2.30. The van der Waals surface area contributed by atoms with Crippen LogP contribution in [0, 0.1) is 5.92 Å². The number of nitrogens with one attached hydrogen (secondary N) is 1. The number of nitrogens with two attached hydrogens (primary N) is 1. The van der Waals surface area contributed by atoms with Gasteiger partial charge in [-0.3, -0.25) is 0 Å². The van der Waals surface area contributed by atoms with Crippen LogP contribution >= 0.6 is 23.8 Å². The van der Waals surface area contributed by atoms with E-state index in [0.29, 0.717) is 10.0 Å². The van der Waals surface area contributed by atoms with Crippen LogP contribution in [0.5, 0.6) is 0 Å². The van der Waals surface area contributed by atoms with Gasteiger partial charge in [-0.25, -0.2) is 0 Å². The van der Waals surface area contributed by atoms with Crippen LogP contribution in [0.4, 0.5) is 5.69 Å². The van der Waals surface area contributed by atoms with Crippen molar-refractivity contribution >= 4 is 34.5 Å². The summed E-state index contributed by atoms with van der Waals surface area (Å²) < 4.78 is 0. The van der Waals surface area contributed by atoms with Crippen molar-refractivity contribution in [1.82, 2.24) is 0 Å². The van der Waals surface area contributed by atoms with Gasteiger partial charge >= 0.3 is 0 Å². The van der Waals surface area contributed by atoms with Crippen LogP contribution in [0.15, 0.2) is 18.2 Å². The Kier molecular flexibility index (Phi) is 3.12. The van der Waals surface area contributed by atoms with Crippen molar-refractivity contribution < 1.29 is 0 Å². The predicted octanol–water partition coefficient (Wildman–Crippen LogP) is 2.80. The minimum atomic E-state index is 0.346. The molecule has 0 saturated heterocycles. The van der Waals surface area contributed by atoms with Gasteiger partial charge in [-0.15, -0.1) is 0 Å². The van der Waals surface area contributed by atoms with Crippen molar-refractivity contribution in [2.45, 2.75) is 12.8 Å². The molecule has 0 aliphatic heterocycles. The number of benzene rings is 1. The number of rotatable bonds is 4. The number of anilines is 1. The van der Waals surface area contributed by atoms with Crippen molar-refractivity contribution in [3.05, 3.63) is 28.8 Å². The summed E-state index contributed by atoms with van der Waals surface area (Å²) in [7, 11) is 0. The molecule has 0 heterocycles. The minimum absolute atomic E-state index is 0.346. The Morgan fingerprint density at radius 2 is 2.27 bits per heavy atom. The molecule has 1 aliphatic rings. The SMILES string of the molecule is NC(=S)c1c(Cl)cccc1NCC1CC1. The van der Waals surface area contributed by atoms with Gasteiger partial charge in [-0.1, -0.05) is 29.9 Å². The fourth-order valence-electron chi connectivity index (χ4n) is 1.50. The monoisotopic (exact) mass is 240 g/mol. The van der Waals surface area contributed by atoms with Gasteiger partial charge in [-0.05, 0) is 30.9 Å². The molecular weight excluding hydrogens is 228 g/mol. The summed E-state index contributed by atoms with van der Waals surface area (Å²) in [6.07, 6.45) is 2.63. The van der Waals surface area contributed by atoms with Gasteiger partial charge in [0.05, 0.1) is 10.6 Å². The fourth-order valence-corrected chi connectivity index (χ4v) is 2.05. The van der Waals surface area contributed by atoms with E-state index in [1.165, 1.54) is 12.8 Å². The number of hydrogen-bond donors (Lipinski definition) is 2. The lowest BCUT2D eigenvalue weighted by atomic mass is 10.1. The summed E-state index contributed by atoms with van der Waals surface area (Å²) in [5.74, 6) is 0.808. The van der Waals surface area contributed by atoms with E-state index in [-0.39, 0.29) is 0 Å². The molecule has 15 heavy (non-hydrogen) atoms. The average Bonchev–Trinajstić information content (AvgIpc) is 2.97. The van der Waals surface area contributed by atoms with E-state index in [1.807, 2.05) is 12.1 Å². The lowest BCUT2D eigenvalue weighted by Gasteiger charge is -2.11. The molecule has 80 valence electrons. The zero-order valence-corrected chi connectivity index (χ0v) is 9.87. The van der Waals surface area contributed by atoms with Crippen LogP contribution < -0.4 is 11.1 Å². The van der Waals surface area contributed by atoms with Crippen molar-refractivity contribution in [2.75, 3.05) is 11.9 Å². The van der Waals surface area contributed by atoms with E-state index in [1.54, 1.807) is 6.07 Å². The van der Waals surface area contributed by atoms with Crippen LogP contribution in [0.25, 0.3) is 0 Å². The minimum Gasteiger partial charge on any atom is -0.389 e. The molecule has 1 aliphatic carbocycles. The molecule has 3 N–H and O–H groups in total. The topological polar surface area (TPSA) is 38.0 Å². The van der Waals surface area contributed by atoms with Crippen LogP contribution in [-0.4, -0.2) is 11.5 Å². The molecule has 0 unspecified atom stereocenters. The Morgan fingerprint density at radius 3 is 2.87 bits per heavy atom. The molecule has 0 spiro atoms. The molecule has 2 nitrogen and oxygen atoms in total. The first-order valence-electron chi connectivity index (χ1n) is 5.00. The van der Waals surface area contributed by atoms with Gasteiger partial charge in [-0.2, -0.15) is 0 Å². The first-order chi connectivity index (χ1) is 7.18. The highest BCUT2D eigenvalue weighted by atomic mass is 35.5. The van der Waals surface area contributed by atoms with Gasteiger partial charge in [0.1, 0.15) is 4.99 Å². The van der Waals surface area contributed by atoms with E-state index in [9.17, 15) is 0 Å². The van der Waals surface area contributed by atoms with Gasteiger partial charge in [0.2, 0.25) is 0 Å². The van der Waals surface area contributed by atoms with Gasteiger partial charge in [0, 0.05) is 12.2 Å². The molecular formula is C11H13ClN2S. The number of halogens is 1. The maximum atomic E-state index is 6.05. The van der Waals surface area contributed by atoms with Crippen LogP contribution in [-0.2, 0) is 0 Å². The second kappa shape index (κ2) is 4.37. The maximum Gasteiger partial charge on any atom is 0.107 e. The molecule has 2 rings (SSSR count). The highest BCUT2D eigenvalue weighted by Gasteiger charge is 2.21. The van der Waals surface area contributed by atoms with Crippen molar-refractivity contribution in [2.24, 2.45) is 11.7 Å². The largest absolute Gasteiger partial charge is 0.389 e. The van der Waals surface area contributed by atoms with Crippen LogP contribution in [0.1, 0.15) is 18.4 Å². The zero-order valence-electron chi connectivity index (χ0n) is 8.29. The molecule has 0 atom stereocenters. The van der Waals surface area contributed by atoms with Gasteiger partial charge in [0.25, 0.3) is 0 Å². The molecule has 1 aromatic rings. The van der Waals surface area contributed by atoms with E-state index in [4.69, 9.17) is 29.6 Å². The average molecular weight is 241 g/mol. The Morgan fingerprint density at radius 1 is 1.53 bits per heavy atom. The zero-order chi connectivity index (χ0) is 10.8. The van der Waals surface area contributed by atoms with Gasteiger partial charge < -0.3 is 11.1 Å². The standard InChI is InChI=1S/C11H13ClN2S/c12-8-2-1-3-9(10(8)11(13)15)14-6-7-4-5-7/h1-3,7,14H,4-6H2,(H2,13,15). The molecule has 1 fully saturated rings.